The third-order valence-electron chi connectivity index (χ3n) is 7.08. The van der Waals surface area contributed by atoms with Gasteiger partial charge in [0.1, 0.15) is 18.2 Å². The second-order valence-electron chi connectivity index (χ2n) is 9.73. The van der Waals surface area contributed by atoms with E-state index in [1.165, 1.54) is 34.2 Å². The average Bonchev–Trinajstić information content (AvgIpc) is 3.41. The number of carbonyl (C=O) groups excluding carboxylic acids is 2. The average molecular weight is 567 g/mol. The molecular weight excluding hydrogens is 538 g/mol. The summed E-state index contributed by atoms with van der Waals surface area (Å²) < 4.78 is 34.0. The molecule has 3 aromatic carbocycles. The largest absolute Gasteiger partial charge is 0.379 e. The van der Waals surface area contributed by atoms with Gasteiger partial charge in [0.25, 0.3) is 11.8 Å². The predicted octanol–water partition coefficient (Wildman–Crippen LogP) is 4.77. The number of carbonyl (C=O) groups is 2. The van der Waals surface area contributed by atoms with Crippen molar-refractivity contribution in [2.24, 2.45) is 5.10 Å². The molecule has 7 nitrogen and oxygen atoms in total. The summed E-state index contributed by atoms with van der Waals surface area (Å²) in [5.74, 6) is -1.86. The first-order valence-corrected chi connectivity index (χ1v) is 13.5. The number of halogens is 3. The Kier molecular flexibility index (Phi) is 8.84. The van der Waals surface area contributed by atoms with Crippen molar-refractivity contribution in [3.05, 3.63) is 106 Å². The van der Waals surface area contributed by atoms with Crippen molar-refractivity contribution in [2.75, 3.05) is 45.9 Å². The molecule has 2 aliphatic rings. The number of hydrogen-bond donors (Lipinski definition) is 0. The Morgan fingerprint density at radius 3 is 2.48 bits per heavy atom. The van der Waals surface area contributed by atoms with Gasteiger partial charge in [0.2, 0.25) is 0 Å². The number of ether oxygens (including phenoxy) is 1. The Morgan fingerprint density at radius 1 is 1.00 bits per heavy atom. The molecule has 40 heavy (non-hydrogen) atoms. The van der Waals surface area contributed by atoms with Crippen molar-refractivity contribution in [2.45, 2.75) is 12.5 Å². The molecule has 208 valence electrons. The van der Waals surface area contributed by atoms with Gasteiger partial charge in [0.05, 0.1) is 25.0 Å². The van der Waals surface area contributed by atoms with Crippen molar-refractivity contribution in [3.8, 4) is 0 Å². The van der Waals surface area contributed by atoms with Gasteiger partial charge in [-0.05, 0) is 42.0 Å². The predicted molar refractivity (Wildman–Crippen MR) is 148 cm³/mol. The maximum absolute atomic E-state index is 14.7. The van der Waals surface area contributed by atoms with Crippen LogP contribution >= 0.6 is 11.6 Å². The third-order valence-corrected chi connectivity index (χ3v) is 7.33. The standard InChI is InChI=1S/C30H29ClF2N4O3/c31-23-10-8-21(9-11-23)28-19-27(25-6-1-2-7-26(25)33)34-37(28)29(38)20-36(13-12-35-14-16-40-17-15-35)30(39)22-4-3-5-24(32)18-22/h1-11,18,28H,12-17,19-20H2. The minimum Gasteiger partial charge on any atom is -0.379 e. The first kappa shape index (κ1) is 27.9. The van der Waals surface area contributed by atoms with Crippen LogP contribution in [0.4, 0.5) is 8.78 Å². The van der Waals surface area contributed by atoms with Crippen molar-refractivity contribution in [1.82, 2.24) is 14.8 Å². The van der Waals surface area contributed by atoms with Gasteiger partial charge in [-0.15, -0.1) is 0 Å². The maximum atomic E-state index is 14.7. The van der Waals surface area contributed by atoms with Crippen molar-refractivity contribution < 1.29 is 23.1 Å². The van der Waals surface area contributed by atoms with E-state index in [4.69, 9.17) is 16.3 Å². The molecule has 0 aliphatic carbocycles. The lowest BCUT2D eigenvalue weighted by molar-refractivity contribution is -0.133. The fraction of sp³-hybridized carbons (Fsp3) is 0.300. The van der Waals surface area contributed by atoms with Crippen LogP contribution in [-0.2, 0) is 9.53 Å². The molecule has 3 aromatic rings. The quantitative estimate of drug-likeness (QED) is 0.394. The smallest absolute Gasteiger partial charge is 0.262 e. The lowest BCUT2D eigenvalue weighted by Crippen LogP contribution is -2.46. The summed E-state index contributed by atoms with van der Waals surface area (Å²) in [5, 5.41) is 6.42. The second-order valence-corrected chi connectivity index (χ2v) is 10.2. The zero-order chi connectivity index (χ0) is 28.1. The van der Waals surface area contributed by atoms with Gasteiger partial charge < -0.3 is 9.64 Å². The Labute approximate surface area is 236 Å². The summed E-state index contributed by atoms with van der Waals surface area (Å²) in [5.41, 5.74) is 1.68. The van der Waals surface area contributed by atoms with Gasteiger partial charge >= 0.3 is 0 Å². The molecule has 0 aromatic heterocycles. The monoisotopic (exact) mass is 566 g/mol. The van der Waals surface area contributed by atoms with Crippen LogP contribution in [0.5, 0.6) is 0 Å². The van der Waals surface area contributed by atoms with E-state index in [1.54, 1.807) is 42.5 Å². The van der Waals surface area contributed by atoms with E-state index in [0.717, 1.165) is 24.7 Å². The van der Waals surface area contributed by atoms with Crippen LogP contribution < -0.4 is 0 Å². The van der Waals surface area contributed by atoms with Gasteiger partial charge in [0.15, 0.2) is 0 Å². The minimum atomic E-state index is -0.535. The van der Waals surface area contributed by atoms with Crippen LogP contribution in [0.1, 0.15) is 33.9 Å². The van der Waals surface area contributed by atoms with Crippen LogP contribution in [0.3, 0.4) is 0 Å². The highest BCUT2D eigenvalue weighted by molar-refractivity contribution is 6.30. The number of hydrogen-bond acceptors (Lipinski definition) is 5. The van der Waals surface area contributed by atoms with E-state index in [2.05, 4.69) is 10.0 Å². The molecule has 2 amide bonds. The zero-order valence-electron chi connectivity index (χ0n) is 21.8. The fourth-order valence-electron chi connectivity index (χ4n) is 4.92. The van der Waals surface area contributed by atoms with E-state index in [9.17, 15) is 18.4 Å². The third kappa shape index (κ3) is 6.55. The summed E-state index contributed by atoms with van der Waals surface area (Å²) in [6.07, 6.45) is 0.292. The van der Waals surface area contributed by atoms with E-state index in [1.807, 2.05) is 0 Å². The molecule has 2 heterocycles. The Hall–Kier alpha value is -3.66. The molecule has 1 atom stereocenters. The van der Waals surface area contributed by atoms with E-state index in [-0.39, 0.29) is 18.7 Å². The summed E-state index contributed by atoms with van der Waals surface area (Å²) in [6.45, 7) is 3.14. The Balaban J connectivity index is 1.42. The van der Waals surface area contributed by atoms with Gasteiger partial charge in [-0.1, -0.05) is 48.0 Å². The molecule has 10 heteroatoms. The molecular formula is C30H29ClF2N4O3. The molecule has 0 spiro atoms. The highest BCUT2D eigenvalue weighted by atomic mass is 35.5. The Bertz CT molecular complexity index is 1400. The van der Waals surface area contributed by atoms with E-state index in [0.29, 0.717) is 42.5 Å². The zero-order valence-corrected chi connectivity index (χ0v) is 22.6. The normalized spacial score (nSPS) is 17.5. The summed E-state index contributed by atoms with van der Waals surface area (Å²) in [4.78, 5) is 30.9. The number of amides is 2. The molecule has 0 bridgehead atoms. The lowest BCUT2D eigenvalue weighted by atomic mass is 9.98. The summed E-state index contributed by atoms with van der Waals surface area (Å²) in [7, 11) is 0. The molecule has 2 aliphatic heterocycles. The van der Waals surface area contributed by atoms with Gasteiger partial charge in [-0.25, -0.2) is 13.8 Å². The SMILES string of the molecule is O=C(c1cccc(F)c1)N(CCN1CCOCC1)CC(=O)N1N=C(c2ccccc2F)CC1c1ccc(Cl)cc1. The topological polar surface area (TPSA) is 65.5 Å². The van der Waals surface area contributed by atoms with Crippen LogP contribution in [-0.4, -0.2) is 78.3 Å². The molecule has 0 radical (unpaired) electrons. The number of benzene rings is 3. The minimum absolute atomic E-state index is 0.154. The number of rotatable bonds is 8. The highest BCUT2D eigenvalue weighted by Gasteiger charge is 2.35. The molecule has 0 saturated carbocycles. The van der Waals surface area contributed by atoms with Crippen LogP contribution in [0.25, 0.3) is 0 Å². The molecule has 0 N–H and O–H groups in total. The first-order chi connectivity index (χ1) is 19.4. The highest BCUT2D eigenvalue weighted by Crippen LogP contribution is 2.34. The van der Waals surface area contributed by atoms with Gasteiger partial charge in [-0.2, -0.15) is 5.10 Å². The second kappa shape index (κ2) is 12.7. The van der Waals surface area contributed by atoms with Crippen LogP contribution in [0.15, 0.2) is 77.9 Å². The molecule has 1 saturated heterocycles. The number of hydrazone groups is 1. The molecule has 1 fully saturated rings. The van der Waals surface area contributed by atoms with Gasteiger partial charge in [-0.3, -0.25) is 14.5 Å². The van der Waals surface area contributed by atoms with Crippen molar-refractivity contribution >= 4 is 29.1 Å². The van der Waals surface area contributed by atoms with Crippen LogP contribution in [0, 0.1) is 11.6 Å². The van der Waals surface area contributed by atoms with Crippen molar-refractivity contribution in [3.63, 3.8) is 0 Å². The number of morpholine rings is 1. The fourth-order valence-corrected chi connectivity index (χ4v) is 5.05. The summed E-state index contributed by atoms with van der Waals surface area (Å²) >= 11 is 6.09. The first-order valence-electron chi connectivity index (χ1n) is 13.1. The lowest BCUT2D eigenvalue weighted by Gasteiger charge is -2.31. The summed E-state index contributed by atoms with van der Waals surface area (Å²) in [6, 6.07) is 18.3. The van der Waals surface area contributed by atoms with E-state index >= 15 is 0 Å². The van der Waals surface area contributed by atoms with Gasteiger partial charge in [0, 0.05) is 48.7 Å². The Morgan fingerprint density at radius 2 is 1.75 bits per heavy atom. The molecule has 5 rings (SSSR count). The van der Waals surface area contributed by atoms with E-state index < -0.39 is 29.5 Å². The number of nitrogens with zero attached hydrogens (tertiary/aromatic N) is 4. The van der Waals surface area contributed by atoms with Crippen molar-refractivity contribution in [1.29, 1.82) is 0 Å². The van der Waals surface area contributed by atoms with Crippen LogP contribution in [0.2, 0.25) is 5.02 Å². The molecule has 1 unspecified atom stereocenters. The maximum Gasteiger partial charge on any atom is 0.262 e.